The molecule has 0 aromatic heterocycles. The molecule has 1 unspecified atom stereocenters. The van der Waals surface area contributed by atoms with Gasteiger partial charge in [-0.3, -0.25) is 0 Å². The minimum Gasteiger partial charge on any atom is -0.388 e. The zero-order valence-electron chi connectivity index (χ0n) is 12.5. The summed E-state index contributed by atoms with van der Waals surface area (Å²) in [6, 6.07) is 20.9. The number of aryl methyl sites for hydroxylation is 2. The first-order chi connectivity index (χ1) is 10.1. The van der Waals surface area contributed by atoms with E-state index in [1.807, 2.05) is 18.2 Å². The second kappa shape index (κ2) is 5.71. The van der Waals surface area contributed by atoms with Gasteiger partial charge in [-0.15, -0.1) is 0 Å². The summed E-state index contributed by atoms with van der Waals surface area (Å²) in [6.07, 6.45) is 0.195. The van der Waals surface area contributed by atoms with Crippen molar-refractivity contribution in [1.82, 2.24) is 0 Å². The number of aliphatic hydroxyl groups is 1. The normalized spacial score (nSPS) is 12.5. The molecule has 0 saturated carbocycles. The van der Waals surface area contributed by atoms with Crippen molar-refractivity contribution in [2.24, 2.45) is 0 Å². The average molecular weight is 276 g/mol. The molecule has 0 bridgehead atoms. The summed E-state index contributed by atoms with van der Waals surface area (Å²) in [7, 11) is 0. The molecule has 106 valence electrons. The molecule has 1 N–H and O–H groups in total. The molecule has 0 aliphatic carbocycles. The summed E-state index contributed by atoms with van der Waals surface area (Å²) < 4.78 is 0. The van der Waals surface area contributed by atoms with Gasteiger partial charge in [-0.1, -0.05) is 66.2 Å². The first kappa shape index (κ1) is 13.8. The van der Waals surface area contributed by atoms with Crippen molar-refractivity contribution < 1.29 is 5.11 Å². The Morgan fingerprint density at radius 3 is 2.38 bits per heavy atom. The lowest BCUT2D eigenvalue weighted by Crippen LogP contribution is -2.04. The zero-order valence-corrected chi connectivity index (χ0v) is 12.5. The van der Waals surface area contributed by atoms with Gasteiger partial charge in [0, 0.05) is 6.42 Å². The first-order valence-electron chi connectivity index (χ1n) is 7.36. The fourth-order valence-corrected chi connectivity index (χ4v) is 2.90. The Balaban J connectivity index is 1.87. The van der Waals surface area contributed by atoms with Crippen molar-refractivity contribution in [2.45, 2.75) is 26.4 Å². The van der Waals surface area contributed by atoms with E-state index in [1.54, 1.807) is 0 Å². The molecule has 0 radical (unpaired) electrons. The predicted molar refractivity (Wildman–Crippen MR) is 88.5 cm³/mol. The quantitative estimate of drug-likeness (QED) is 0.733. The maximum absolute atomic E-state index is 10.5. The molecule has 0 aliphatic rings. The van der Waals surface area contributed by atoms with Crippen LogP contribution in [0.4, 0.5) is 0 Å². The number of hydrogen-bond donors (Lipinski definition) is 1. The third kappa shape index (κ3) is 2.98. The Morgan fingerprint density at radius 1 is 0.857 bits per heavy atom. The highest BCUT2D eigenvalue weighted by atomic mass is 16.3. The van der Waals surface area contributed by atoms with E-state index in [1.165, 1.54) is 21.9 Å². The topological polar surface area (TPSA) is 20.2 Å². The van der Waals surface area contributed by atoms with E-state index in [9.17, 15) is 5.11 Å². The Morgan fingerprint density at radius 2 is 1.62 bits per heavy atom. The molecular formula is C20H20O. The average Bonchev–Trinajstić information content (AvgIpc) is 2.47. The van der Waals surface area contributed by atoms with Gasteiger partial charge >= 0.3 is 0 Å². The van der Waals surface area contributed by atoms with E-state index in [0.717, 1.165) is 11.1 Å². The van der Waals surface area contributed by atoms with E-state index in [2.05, 4.69) is 56.3 Å². The van der Waals surface area contributed by atoms with Crippen molar-refractivity contribution in [1.29, 1.82) is 0 Å². The monoisotopic (exact) mass is 276 g/mol. The van der Waals surface area contributed by atoms with Gasteiger partial charge in [-0.05, 0) is 41.3 Å². The van der Waals surface area contributed by atoms with Gasteiger partial charge in [0.1, 0.15) is 0 Å². The van der Waals surface area contributed by atoms with Crippen molar-refractivity contribution in [2.75, 3.05) is 0 Å². The number of hydrogen-bond acceptors (Lipinski definition) is 1. The zero-order chi connectivity index (χ0) is 14.8. The van der Waals surface area contributed by atoms with Gasteiger partial charge in [0.25, 0.3) is 0 Å². The maximum atomic E-state index is 10.5. The molecule has 3 aromatic carbocycles. The second-order valence-electron chi connectivity index (χ2n) is 5.76. The molecule has 0 spiro atoms. The standard InChI is InChI=1S/C20H20O/c1-14-7-10-19(15(2)11-14)20(21)13-16-8-9-17-5-3-4-6-18(17)12-16/h3-12,20-21H,13H2,1-2H3. The molecule has 1 atom stereocenters. The number of benzene rings is 3. The molecule has 0 fully saturated rings. The molecule has 1 nitrogen and oxygen atoms in total. The molecule has 0 saturated heterocycles. The van der Waals surface area contributed by atoms with Crippen molar-refractivity contribution in [3.63, 3.8) is 0 Å². The third-order valence-electron chi connectivity index (χ3n) is 4.03. The van der Waals surface area contributed by atoms with Crippen molar-refractivity contribution in [3.05, 3.63) is 82.9 Å². The minimum absolute atomic E-state index is 0.452. The molecule has 3 aromatic rings. The Kier molecular flexibility index (Phi) is 3.76. The van der Waals surface area contributed by atoms with Gasteiger partial charge in [0.15, 0.2) is 0 Å². The van der Waals surface area contributed by atoms with Crippen LogP contribution in [0, 0.1) is 13.8 Å². The molecule has 0 aliphatic heterocycles. The highest BCUT2D eigenvalue weighted by Gasteiger charge is 2.11. The Labute approximate surface area is 125 Å². The highest BCUT2D eigenvalue weighted by molar-refractivity contribution is 5.83. The fraction of sp³-hybridized carbons (Fsp3) is 0.200. The summed E-state index contributed by atoms with van der Waals surface area (Å²) in [5.74, 6) is 0. The van der Waals surface area contributed by atoms with E-state index >= 15 is 0 Å². The van der Waals surface area contributed by atoms with Crippen LogP contribution in [0.25, 0.3) is 10.8 Å². The lowest BCUT2D eigenvalue weighted by Gasteiger charge is -2.15. The predicted octanol–water partition coefficient (Wildman–Crippen LogP) is 4.73. The van der Waals surface area contributed by atoms with Crippen LogP contribution in [0.3, 0.4) is 0 Å². The lowest BCUT2D eigenvalue weighted by molar-refractivity contribution is 0.178. The van der Waals surface area contributed by atoms with Crippen LogP contribution in [-0.2, 0) is 6.42 Å². The van der Waals surface area contributed by atoms with Crippen LogP contribution in [0.15, 0.2) is 60.7 Å². The molecule has 0 heterocycles. The van der Waals surface area contributed by atoms with Crippen molar-refractivity contribution >= 4 is 10.8 Å². The van der Waals surface area contributed by atoms with E-state index in [0.29, 0.717) is 6.42 Å². The fourth-order valence-electron chi connectivity index (χ4n) is 2.90. The summed E-state index contributed by atoms with van der Waals surface area (Å²) >= 11 is 0. The van der Waals surface area contributed by atoms with Gasteiger partial charge in [-0.2, -0.15) is 0 Å². The van der Waals surface area contributed by atoms with Gasteiger partial charge in [0.05, 0.1) is 6.10 Å². The lowest BCUT2D eigenvalue weighted by atomic mass is 9.95. The molecule has 0 amide bonds. The van der Waals surface area contributed by atoms with Crippen LogP contribution in [0.1, 0.15) is 28.4 Å². The SMILES string of the molecule is Cc1ccc(C(O)Cc2ccc3ccccc3c2)c(C)c1. The van der Waals surface area contributed by atoms with E-state index < -0.39 is 6.10 Å². The molecule has 1 heteroatoms. The number of aliphatic hydroxyl groups excluding tert-OH is 1. The maximum Gasteiger partial charge on any atom is 0.0832 e. The summed E-state index contributed by atoms with van der Waals surface area (Å²) in [4.78, 5) is 0. The highest BCUT2D eigenvalue weighted by Crippen LogP contribution is 2.24. The summed E-state index contributed by atoms with van der Waals surface area (Å²) in [5, 5.41) is 13.0. The summed E-state index contributed by atoms with van der Waals surface area (Å²) in [5.41, 5.74) is 4.58. The van der Waals surface area contributed by atoms with Crippen LogP contribution >= 0.6 is 0 Å². The first-order valence-corrected chi connectivity index (χ1v) is 7.36. The Bertz CT molecular complexity index is 774. The number of fused-ring (bicyclic) bond motifs is 1. The third-order valence-corrected chi connectivity index (χ3v) is 4.03. The van der Waals surface area contributed by atoms with Gasteiger partial charge in [-0.25, -0.2) is 0 Å². The van der Waals surface area contributed by atoms with Crippen LogP contribution in [0.5, 0.6) is 0 Å². The second-order valence-corrected chi connectivity index (χ2v) is 5.76. The van der Waals surface area contributed by atoms with E-state index in [-0.39, 0.29) is 0 Å². The smallest absolute Gasteiger partial charge is 0.0832 e. The molecular weight excluding hydrogens is 256 g/mol. The largest absolute Gasteiger partial charge is 0.388 e. The van der Waals surface area contributed by atoms with Crippen LogP contribution < -0.4 is 0 Å². The van der Waals surface area contributed by atoms with Crippen molar-refractivity contribution in [3.8, 4) is 0 Å². The van der Waals surface area contributed by atoms with Crippen LogP contribution in [-0.4, -0.2) is 5.11 Å². The van der Waals surface area contributed by atoms with Gasteiger partial charge < -0.3 is 5.11 Å². The van der Waals surface area contributed by atoms with Gasteiger partial charge in [0.2, 0.25) is 0 Å². The molecule has 21 heavy (non-hydrogen) atoms. The minimum atomic E-state index is -0.452. The number of rotatable bonds is 3. The van der Waals surface area contributed by atoms with E-state index in [4.69, 9.17) is 0 Å². The summed E-state index contributed by atoms with van der Waals surface area (Å²) in [6.45, 7) is 4.14. The van der Waals surface area contributed by atoms with Crippen LogP contribution in [0.2, 0.25) is 0 Å². The Hall–Kier alpha value is -2.12. The molecule has 3 rings (SSSR count).